The van der Waals surface area contributed by atoms with Crippen molar-refractivity contribution in [3.8, 4) is 0 Å². The molecule has 0 spiro atoms. The molecule has 27 heavy (non-hydrogen) atoms. The maximum Gasteiger partial charge on any atom is 0.333 e. The Bertz CT molecular complexity index is 898. The van der Waals surface area contributed by atoms with Gasteiger partial charge in [0.15, 0.2) is 0 Å². The van der Waals surface area contributed by atoms with Gasteiger partial charge in [-0.1, -0.05) is 12.1 Å². The molecule has 0 atom stereocenters. The molecule has 1 aromatic carbocycles. The van der Waals surface area contributed by atoms with Crippen LogP contribution in [0.25, 0.3) is 0 Å². The van der Waals surface area contributed by atoms with Gasteiger partial charge in [0.05, 0.1) is 7.11 Å². The quantitative estimate of drug-likeness (QED) is 0.595. The van der Waals surface area contributed by atoms with Gasteiger partial charge in [0.2, 0.25) is 0 Å². The van der Waals surface area contributed by atoms with Crippen LogP contribution in [0.1, 0.15) is 48.9 Å². The summed E-state index contributed by atoms with van der Waals surface area (Å²) in [7, 11) is -2.61. The number of hydrogen-bond acceptors (Lipinski definition) is 4. The topological polar surface area (TPSA) is 84.5 Å². The Morgan fingerprint density at radius 2 is 1.70 bits per heavy atom. The van der Waals surface area contributed by atoms with Gasteiger partial charge < -0.3 is 10.1 Å². The maximum atomic E-state index is 12.5. The average molecular weight is 391 g/mol. The highest BCUT2D eigenvalue weighted by Gasteiger charge is 2.26. The predicted molar refractivity (Wildman–Crippen MR) is 106 cm³/mol. The number of carbonyl (C=O) groups is 1. The van der Waals surface area contributed by atoms with Crippen molar-refractivity contribution in [2.75, 3.05) is 12.4 Å². The number of sulfonamides is 1. The van der Waals surface area contributed by atoms with Gasteiger partial charge in [-0.25, -0.2) is 17.9 Å². The van der Waals surface area contributed by atoms with E-state index < -0.39 is 16.1 Å². The van der Waals surface area contributed by atoms with Gasteiger partial charge in [-0.15, -0.1) is 0 Å². The first kappa shape index (κ1) is 19.5. The molecule has 0 heterocycles. The molecule has 146 valence electrons. The number of ether oxygens (including phenoxy) is 1. The van der Waals surface area contributed by atoms with Crippen LogP contribution in [0.4, 0.5) is 10.5 Å². The molecule has 6 nitrogen and oxygen atoms in total. The zero-order valence-electron chi connectivity index (χ0n) is 16.0. The molecule has 2 aliphatic carbocycles. The second-order valence-corrected chi connectivity index (χ2v) is 8.74. The van der Waals surface area contributed by atoms with E-state index in [9.17, 15) is 13.2 Å². The number of allylic oxidation sites excluding steroid dienone is 3. The number of urea groups is 1. The Balaban J connectivity index is 1.85. The molecule has 0 aromatic heterocycles. The van der Waals surface area contributed by atoms with E-state index in [0.29, 0.717) is 0 Å². The number of carbonyl (C=O) groups excluding carboxylic acids is 1. The lowest BCUT2D eigenvalue weighted by Crippen LogP contribution is -2.35. The first-order chi connectivity index (χ1) is 12.9. The fourth-order valence-corrected chi connectivity index (χ4v) is 4.78. The summed E-state index contributed by atoms with van der Waals surface area (Å²) >= 11 is 0. The Kier molecular flexibility index (Phi) is 5.60. The third-order valence-electron chi connectivity index (χ3n) is 5.23. The lowest BCUT2D eigenvalue weighted by atomic mass is 9.99. The van der Waals surface area contributed by atoms with E-state index in [2.05, 4.69) is 16.1 Å². The molecule has 0 saturated carbocycles. The first-order valence-electron chi connectivity index (χ1n) is 9.25. The number of fused-ring (bicyclic) bond motifs is 2. The van der Waals surface area contributed by atoms with Crippen molar-refractivity contribution < 1.29 is 17.9 Å². The van der Waals surface area contributed by atoms with Crippen molar-refractivity contribution >= 4 is 21.7 Å². The first-order valence-corrected chi connectivity index (χ1v) is 10.7. The molecular weight excluding hydrogens is 364 g/mol. The molecule has 0 unspecified atom stereocenters. The van der Waals surface area contributed by atoms with E-state index in [1.165, 1.54) is 25.2 Å². The van der Waals surface area contributed by atoms with Crippen LogP contribution in [0.15, 0.2) is 28.9 Å². The van der Waals surface area contributed by atoms with Crippen molar-refractivity contribution in [1.29, 1.82) is 0 Å². The highest BCUT2D eigenvalue weighted by molar-refractivity contribution is 7.93. The number of amides is 2. The zero-order chi connectivity index (χ0) is 19.6. The minimum atomic E-state index is -4.00. The summed E-state index contributed by atoms with van der Waals surface area (Å²) in [5.41, 5.74) is 5.68. The normalized spacial score (nSPS) is 16.7. The van der Waals surface area contributed by atoms with Crippen molar-refractivity contribution in [2.24, 2.45) is 0 Å². The van der Waals surface area contributed by atoms with Gasteiger partial charge in [0, 0.05) is 5.69 Å². The van der Waals surface area contributed by atoms with Crippen LogP contribution in [-0.2, 0) is 40.4 Å². The second-order valence-electron chi connectivity index (χ2n) is 6.92. The van der Waals surface area contributed by atoms with Crippen LogP contribution in [0, 0.1) is 0 Å². The van der Waals surface area contributed by atoms with E-state index in [0.717, 1.165) is 55.3 Å². The summed E-state index contributed by atoms with van der Waals surface area (Å²) < 4.78 is 32.3. The molecule has 0 fully saturated rings. The Morgan fingerprint density at radius 3 is 2.22 bits per heavy atom. The van der Waals surface area contributed by atoms with E-state index in [1.54, 1.807) is 19.1 Å². The molecule has 7 heteroatoms. The van der Waals surface area contributed by atoms with E-state index in [-0.39, 0.29) is 10.7 Å². The minimum absolute atomic E-state index is 0.0400. The van der Waals surface area contributed by atoms with Crippen LogP contribution in [0.2, 0.25) is 0 Å². The molecule has 0 radical (unpaired) electrons. The van der Waals surface area contributed by atoms with Crippen LogP contribution >= 0.6 is 0 Å². The van der Waals surface area contributed by atoms with Crippen molar-refractivity contribution in [2.45, 2.75) is 52.4 Å². The summed E-state index contributed by atoms with van der Waals surface area (Å²) in [4.78, 5) is 12.5. The van der Waals surface area contributed by atoms with Gasteiger partial charge >= 0.3 is 6.03 Å². The number of benzene rings is 1. The third-order valence-corrected chi connectivity index (χ3v) is 6.69. The minimum Gasteiger partial charge on any atom is -0.496 e. The molecule has 2 N–H and O–H groups in total. The number of anilines is 1. The number of nitrogens with one attached hydrogen (secondary N) is 2. The highest BCUT2D eigenvalue weighted by Crippen LogP contribution is 2.38. The predicted octanol–water partition coefficient (Wildman–Crippen LogP) is 3.57. The van der Waals surface area contributed by atoms with Gasteiger partial charge in [0.1, 0.15) is 10.7 Å². The van der Waals surface area contributed by atoms with Crippen LogP contribution in [0.5, 0.6) is 0 Å². The summed E-state index contributed by atoms with van der Waals surface area (Å²) in [5.74, 6) is 0.194. The number of aryl methyl sites for hydroxylation is 2. The SMILES string of the molecule is C/C=C\C(OC)=C(/C)S(=O)(=O)NC(=O)Nc1c2c(cc3c1CCC3)CCC2. The highest BCUT2D eigenvalue weighted by atomic mass is 32.2. The lowest BCUT2D eigenvalue weighted by molar-refractivity contribution is 0.256. The van der Waals surface area contributed by atoms with Crippen molar-refractivity contribution in [1.82, 2.24) is 4.72 Å². The molecule has 2 aliphatic rings. The average Bonchev–Trinajstić information content (AvgIpc) is 3.27. The van der Waals surface area contributed by atoms with Crippen LogP contribution in [0.3, 0.4) is 0 Å². The summed E-state index contributed by atoms with van der Waals surface area (Å²) in [6.45, 7) is 3.17. The van der Waals surface area contributed by atoms with E-state index in [4.69, 9.17) is 4.74 Å². The van der Waals surface area contributed by atoms with Crippen molar-refractivity contribution in [3.05, 3.63) is 51.1 Å². The van der Waals surface area contributed by atoms with Gasteiger partial charge in [-0.3, -0.25) is 0 Å². The number of hydrogen-bond donors (Lipinski definition) is 2. The Hall–Kier alpha value is -2.28. The fourth-order valence-electron chi connectivity index (χ4n) is 3.92. The number of methoxy groups -OCH3 is 1. The van der Waals surface area contributed by atoms with E-state index in [1.807, 2.05) is 0 Å². The Labute approximate surface area is 160 Å². The van der Waals surface area contributed by atoms with Crippen molar-refractivity contribution in [3.63, 3.8) is 0 Å². The molecule has 0 bridgehead atoms. The second kappa shape index (κ2) is 7.76. The lowest BCUT2D eigenvalue weighted by Gasteiger charge is -2.17. The van der Waals surface area contributed by atoms with Gasteiger partial charge in [-0.05, 0) is 80.7 Å². The maximum absolute atomic E-state index is 12.5. The molecular formula is C20H26N2O4S. The molecule has 1 aromatic rings. The molecule has 2 amide bonds. The summed E-state index contributed by atoms with van der Waals surface area (Å²) in [6, 6.07) is 1.53. The zero-order valence-corrected chi connectivity index (χ0v) is 16.8. The molecule has 0 aliphatic heterocycles. The van der Waals surface area contributed by atoms with E-state index >= 15 is 0 Å². The number of rotatable bonds is 5. The Morgan fingerprint density at radius 1 is 1.11 bits per heavy atom. The summed E-state index contributed by atoms with van der Waals surface area (Å²) in [6.07, 6.45) is 9.21. The van der Waals surface area contributed by atoms with Crippen LogP contribution in [-0.4, -0.2) is 21.6 Å². The van der Waals surface area contributed by atoms with Crippen LogP contribution < -0.4 is 10.0 Å². The van der Waals surface area contributed by atoms with Gasteiger partial charge in [-0.2, -0.15) is 0 Å². The summed E-state index contributed by atoms with van der Waals surface area (Å²) in [5, 5.41) is 2.83. The van der Waals surface area contributed by atoms with Gasteiger partial charge in [0.25, 0.3) is 10.0 Å². The smallest absolute Gasteiger partial charge is 0.333 e. The third kappa shape index (κ3) is 3.88. The monoisotopic (exact) mass is 390 g/mol. The molecule has 3 rings (SSSR count). The molecule has 0 saturated heterocycles. The fraction of sp³-hybridized carbons (Fsp3) is 0.450. The standard InChI is InChI=1S/C20H26N2O4S/c1-4-7-18(26-3)13(2)27(24,25)22-20(23)21-19-16-10-5-8-14(16)12-15-9-6-11-17(15)19/h4,7,12H,5-6,8-11H2,1-3H3,(H2,21,22,23)/b7-4-,18-13-. The largest absolute Gasteiger partial charge is 0.496 e.